The summed E-state index contributed by atoms with van der Waals surface area (Å²) < 4.78 is 198. The van der Waals surface area contributed by atoms with E-state index < -0.39 is 126 Å². The average Bonchev–Trinajstić information content (AvgIpc) is 1.62. The summed E-state index contributed by atoms with van der Waals surface area (Å²) in [5.74, 6) is 1.47. The van der Waals surface area contributed by atoms with Crippen molar-refractivity contribution in [1.29, 1.82) is 0 Å². The van der Waals surface area contributed by atoms with Crippen LogP contribution < -0.4 is 9.30 Å². The first-order valence-electron chi connectivity index (χ1n) is 35.3. The predicted molar refractivity (Wildman–Crippen MR) is 319 cm³/mol. The van der Waals surface area contributed by atoms with Gasteiger partial charge in [-0.25, -0.2) is 4.98 Å². The van der Waals surface area contributed by atoms with Crippen LogP contribution in [0.3, 0.4) is 0 Å². The Balaban J connectivity index is 1.21. The van der Waals surface area contributed by atoms with Crippen molar-refractivity contribution in [3.05, 3.63) is 234 Å². The molecule has 0 bridgehead atoms. The smallest absolute Gasteiger partial charge is 0.269 e. The number of aryl methyl sites for hydroxylation is 4. The summed E-state index contributed by atoms with van der Waals surface area (Å²) in [6.07, 6.45) is 5.31. The molecule has 0 amide bonds. The lowest BCUT2D eigenvalue weighted by molar-refractivity contribution is -0.570. The van der Waals surface area contributed by atoms with Gasteiger partial charge in [0.1, 0.15) is 17.3 Å². The minimum atomic E-state index is -3.14. The van der Waals surface area contributed by atoms with Gasteiger partial charge in [0, 0.05) is 39.5 Å². The number of para-hydroxylation sites is 1. The molecule has 0 unspecified atom stereocenters. The van der Waals surface area contributed by atoms with Crippen molar-refractivity contribution < 1.29 is 36.7 Å². The maximum atomic E-state index is 10.1. The Morgan fingerprint density at radius 1 is 0.506 bits per heavy atom. The zero-order chi connectivity index (χ0) is 70.0. The van der Waals surface area contributed by atoms with Crippen molar-refractivity contribution in [1.82, 2.24) is 14.1 Å². The van der Waals surface area contributed by atoms with Gasteiger partial charge in [0.2, 0.25) is 0 Å². The molecule has 376 valence electrons. The molecule has 0 saturated heterocycles. The van der Waals surface area contributed by atoms with Gasteiger partial charge < -0.3 is 4.74 Å². The molecule has 4 heterocycles. The minimum Gasteiger partial charge on any atom is -0.458 e. The third-order valence-electron chi connectivity index (χ3n) is 14.6. The summed E-state index contributed by atoms with van der Waals surface area (Å²) in [6, 6.07) is 32.3. The Bertz CT molecular complexity index is 5260. The van der Waals surface area contributed by atoms with Crippen LogP contribution in [-0.2, 0) is 10.8 Å². The Morgan fingerprint density at radius 2 is 1.10 bits per heavy atom. The van der Waals surface area contributed by atoms with Crippen molar-refractivity contribution in [3.63, 3.8) is 0 Å². The van der Waals surface area contributed by atoms with Crippen LogP contribution in [-0.4, -0.2) is 14.1 Å². The van der Waals surface area contributed by atoms with Crippen LogP contribution in [0.2, 0.25) is 0 Å². The maximum Gasteiger partial charge on any atom is 0.269 e. The van der Waals surface area contributed by atoms with Crippen LogP contribution >= 0.6 is 0 Å². The summed E-state index contributed by atoms with van der Waals surface area (Å²) in [4.78, 5) is 4.85. The second kappa shape index (κ2) is 17.9. The minimum absolute atomic E-state index is 0.0665. The molecule has 9 aromatic carbocycles. The van der Waals surface area contributed by atoms with Crippen LogP contribution in [0.4, 0.5) is 0 Å². The van der Waals surface area contributed by atoms with Gasteiger partial charge in [-0.1, -0.05) is 157 Å². The highest BCUT2D eigenvalue weighted by Crippen LogP contribution is 2.49. The van der Waals surface area contributed by atoms with Crippen LogP contribution in [0.5, 0.6) is 11.5 Å². The molecular weight excluding hydrogens is 937 g/mol. The third-order valence-corrected chi connectivity index (χ3v) is 14.6. The number of pyridine rings is 1. The molecule has 5 heteroatoms. The topological polar surface area (TPSA) is 35.9 Å². The zero-order valence-corrected chi connectivity index (χ0v) is 43.1. The number of nitrogens with zero attached hydrogens (tertiary/aromatic N) is 4. The fraction of sp³-hybridized carbons (Fsp3) is 0.167. The molecule has 3 aromatic heterocycles. The summed E-state index contributed by atoms with van der Waals surface area (Å²) in [5, 5.41) is 1.94. The van der Waals surface area contributed by atoms with Gasteiger partial charge in [0.25, 0.3) is 6.33 Å². The fourth-order valence-electron chi connectivity index (χ4n) is 10.8. The number of ether oxygens (including phenoxy) is 1. The molecule has 0 atom stereocenters. The molecule has 0 saturated carbocycles. The second-order valence-electron chi connectivity index (χ2n) is 21.6. The Kier molecular flexibility index (Phi) is 7.14. The molecule has 0 spiro atoms. The number of rotatable bonds is 6. The second-order valence-corrected chi connectivity index (χ2v) is 21.6. The Labute approximate surface area is 480 Å². The van der Waals surface area contributed by atoms with Gasteiger partial charge in [-0.15, -0.1) is 0 Å². The first kappa shape index (κ1) is 30.7. The summed E-state index contributed by atoms with van der Waals surface area (Å²) in [7, 11) is 0. The Morgan fingerprint density at radius 3 is 1.78 bits per heavy atom. The van der Waals surface area contributed by atoms with Crippen LogP contribution in [0.1, 0.15) is 102 Å². The molecular formula is C72H62N4O. The highest BCUT2D eigenvalue weighted by Gasteiger charge is 2.30. The van der Waals surface area contributed by atoms with E-state index in [9.17, 15) is 11.0 Å². The molecule has 0 N–H and O–H groups in total. The predicted octanol–water partition coefficient (Wildman–Crippen LogP) is 18.5. The van der Waals surface area contributed by atoms with E-state index >= 15 is 0 Å². The van der Waals surface area contributed by atoms with Crippen LogP contribution in [0.25, 0.3) is 106 Å². The molecule has 0 fully saturated rings. The van der Waals surface area contributed by atoms with Gasteiger partial charge in [0.15, 0.2) is 0 Å². The van der Waals surface area contributed by atoms with E-state index in [0.29, 0.717) is 28.6 Å². The van der Waals surface area contributed by atoms with E-state index in [4.69, 9.17) is 26.2 Å². The number of hydrogen-bond acceptors (Lipinski definition) is 2. The summed E-state index contributed by atoms with van der Waals surface area (Å²) in [6.45, 7) is -0.228. The lowest BCUT2D eigenvalue weighted by Crippen LogP contribution is -2.32. The van der Waals surface area contributed by atoms with Gasteiger partial charge in [0.05, 0.1) is 44.4 Å². The van der Waals surface area contributed by atoms with Gasteiger partial charge in [-0.3, -0.25) is 13.7 Å². The summed E-state index contributed by atoms with van der Waals surface area (Å²) >= 11 is 0. The molecule has 77 heavy (non-hydrogen) atoms. The van der Waals surface area contributed by atoms with E-state index in [-0.39, 0.29) is 55.5 Å². The molecule has 0 aliphatic carbocycles. The molecule has 0 radical (unpaired) electrons. The number of imidazole rings is 1. The standard InChI is InChI=1S/C72H62N4O/c1-44-20-17-21-45(2)67(44)48-36-60-56-28-13-11-26-54(56)55-27-12-14-29-57(55)61-38-50(72(8,9)10)39-65-70(61)75(69(60)62(37-48)68-46(3)22-18-23-47(68)4)43-74(65)51-24-19-25-52(41-51)77-53-32-33-59-58-30-15-16-31-63(58)76(64(59)42-53)66-40-49(34-35-73-66)71(5,6)7/h11-42H,1-10H3/i1D3,2D3,3D3,4D3,11D,12D,13D,14D,26D,27D,28D,29D. The SMILES string of the molecule is [2H]c1c([2H])c([2H])c2c(c1[2H])-c1cc(-c3c(C([2H])([2H])[2H])cccc3C([2H])([2H])[2H])cc(-c3c(C([2H])([2H])[2H])cccc3C([2H])([2H])[2H])c1-[n+]1[c-]n(-c3cccc(Oc4ccc5c6ccccc6n(-c6cc(C(C)(C)C)ccn6)c5c4)c3)c3cc(C(C)(C)C)cc(c31)-c1c([2H])c([2H])c([2H])c([2H])c1-2. The van der Waals surface area contributed by atoms with Crippen LogP contribution in [0, 0.1) is 33.7 Å². The fourth-order valence-corrected chi connectivity index (χ4v) is 10.8. The van der Waals surface area contributed by atoms with Crippen molar-refractivity contribution in [3.8, 4) is 84.3 Å². The highest BCUT2D eigenvalue weighted by atomic mass is 16.5. The first-order chi connectivity index (χ1) is 45.3. The monoisotopic (exact) mass is 1020 g/mol. The largest absolute Gasteiger partial charge is 0.458 e. The zero-order valence-electron chi connectivity index (χ0n) is 63.1. The lowest BCUT2D eigenvalue weighted by Gasteiger charge is -2.24. The Hall–Kier alpha value is -8.80. The quantitative estimate of drug-likeness (QED) is 0.123. The molecule has 13 rings (SSSR count). The highest BCUT2D eigenvalue weighted by molar-refractivity contribution is 6.09. The van der Waals surface area contributed by atoms with E-state index in [1.165, 1.54) is 53.1 Å². The number of hydrogen-bond donors (Lipinski definition) is 0. The van der Waals surface area contributed by atoms with E-state index in [0.717, 1.165) is 27.4 Å². The van der Waals surface area contributed by atoms with E-state index in [1.54, 1.807) is 41.1 Å². The van der Waals surface area contributed by atoms with Crippen molar-refractivity contribution in [2.75, 3.05) is 0 Å². The van der Waals surface area contributed by atoms with E-state index in [2.05, 4.69) is 43.8 Å². The molecule has 1 aliphatic heterocycles. The summed E-state index contributed by atoms with van der Waals surface area (Å²) in [5.41, 5.74) is -2.34. The van der Waals surface area contributed by atoms with Crippen LogP contribution in [0.15, 0.2) is 194 Å². The maximum absolute atomic E-state index is 10.1. The molecule has 1 aliphatic rings. The molecule has 5 nitrogen and oxygen atoms in total. The van der Waals surface area contributed by atoms with Gasteiger partial charge in [-0.05, 0) is 194 Å². The van der Waals surface area contributed by atoms with Crippen molar-refractivity contribution in [2.24, 2.45) is 0 Å². The van der Waals surface area contributed by atoms with Crippen molar-refractivity contribution in [2.45, 2.75) is 79.8 Å². The normalized spacial score (nSPS) is 16.7. The average molecular weight is 1020 g/mol. The van der Waals surface area contributed by atoms with E-state index in [1.807, 2.05) is 69.3 Å². The molecule has 12 aromatic rings. The third kappa shape index (κ3) is 7.98. The number of aromatic nitrogens is 4. The number of fused-ring (bicyclic) bond motifs is 10. The van der Waals surface area contributed by atoms with Gasteiger partial charge >= 0.3 is 0 Å². The lowest BCUT2D eigenvalue weighted by atomic mass is 9.83. The van der Waals surface area contributed by atoms with Gasteiger partial charge in [-0.2, -0.15) is 0 Å². The van der Waals surface area contributed by atoms with Crippen molar-refractivity contribution >= 4 is 32.8 Å². The number of benzene rings is 9. The first-order valence-corrected chi connectivity index (χ1v) is 25.3.